The number of amides is 2. The quantitative estimate of drug-likeness (QED) is 0.717. The van der Waals surface area contributed by atoms with Gasteiger partial charge in [0.1, 0.15) is 5.75 Å². The molecule has 1 rings (SSSR count). The van der Waals surface area contributed by atoms with Crippen molar-refractivity contribution in [3.05, 3.63) is 29.8 Å². The fourth-order valence-corrected chi connectivity index (χ4v) is 1.38. The molecule has 1 aromatic carbocycles. The molecule has 0 saturated heterocycles. The molecular weight excluding hydrogens is 244 g/mol. The molecule has 0 atom stereocenters. The van der Waals surface area contributed by atoms with Crippen LogP contribution < -0.4 is 10.6 Å². The van der Waals surface area contributed by atoms with E-state index in [1.165, 1.54) is 6.07 Å². The number of hydrogen-bond acceptors (Lipinski definition) is 3. The third-order valence-electron chi connectivity index (χ3n) is 2.53. The van der Waals surface area contributed by atoms with Crippen molar-refractivity contribution in [1.82, 2.24) is 10.6 Å². The lowest BCUT2D eigenvalue weighted by atomic mass is 9.96. The van der Waals surface area contributed by atoms with Crippen LogP contribution in [0.3, 0.4) is 0 Å². The predicted molar refractivity (Wildman–Crippen MR) is 72.9 cm³/mol. The Morgan fingerprint density at radius 2 is 1.68 bits per heavy atom. The van der Waals surface area contributed by atoms with E-state index in [2.05, 4.69) is 10.6 Å². The average Bonchev–Trinajstić information content (AvgIpc) is 2.33. The van der Waals surface area contributed by atoms with Crippen molar-refractivity contribution in [2.24, 2.45) is 5.41 Å². The van der Waals surface area contributed by atoms with Gasteiger partial charge in [-0.3, -0.25) is 9.59 Å². The third kappa shape index (κ3) is 4.62. The van der Waals surface area contributed by atoms with E-state index in [9.17, 15) is 14.7 Å². The van der Waals surface area contributed by atoms with Gasteiger partial charge >= 0.3 is 0 Å². The van der Waals surface area contributed by atoms with Crippen molar-refractivity contribution in [3.63, 3.8) is 0 Å². The van der Waals surface area contributed by atoms with Crippen molar-refractivity contribution in [2.45, 2.75) is 20.8 Å². The summed E-state index contributed by atoms with van der Waals surface area (Å²) in [5.41, 5.74) is -0.216. The number of para-hydroxylation sites is 1. The Morgan fingerprint density at radius 3 is 2.26 bits per heavy atom. The maximum absolute atomic E-state index is 11.7. The highest BCUT2D eigenvalue weighted by Crippen LogP contribution is 2.14. The van der Waals surface area contributed by atoms with Gasteiger partial charge in [-0.1, -0.05) is 32.9 Å². The van der Waals surface area contributed by atoms with Gasteiger partial charge in [0.15, 0.2) is 0 Å². The number of phenolic OH excluding ortho intramolecular Hbond substituents is 1. The van der Waals surface area contributed by atoms with Crippen LogP contribution in [0.1, 0.15) is 31.1 Å². The standard InChI is InChI=1S/C14H20N2O3/c1-14(2,3)13(19)16-9-8-15-12(18)10-6-4-5-7-11(10)17/h4-7,17H,8-9H2,1-3H3,(H,15,18)(H,16,19). The Morgan fingerprint density at radius 1 is 1.11 bits per heavy atom. The number of benzene rings is 1. The summed E-state index contributed by atoms with van der Waals surface area (Å²) >= 11 is 0. The molecule has 2 amide bonds. The van der Waals surface area contributed by atoms with Crippen molar-refractivity contribution < 1.29 is 14.7 Å². The van der Waals surface area contributed by atoms with Gasteiger partial charge in [0, 0.05) is 18.5 Å². The molecule has 0 unspecified atom stereocenters. The molecule has 0 aliphatic carbocycles. The Hall–Kier alpha value is -2.04. The average molecular weight is 264 g/mol. The third-order valence-corrected chi connectivity index (χ3v) is 2.53. The number of rotatable bonds is 4. The Labute approximate surface area is 113 Å². The van der Waals surface area contributed by atoms with Gasteiger partial charge in [0.2, 0.25) is 5.91 Å². The van der Waals surface area contributed by atoms with Crippen LogP contribution in [-0.4, -0.2) is 30.0 Å². The molecule has 0 aliphatic heterocycles. The molecule has 104 valence electrons. The molecule has 0 heterocycles. The van der Waals surface area contributed by atoms with Crippen LogP contribution in [0.2, 0.25) is 0 Å². The van der Waals surface area contributed by atoms with Crippen LogP contribution in [0.4, 0.5) is 0 Å². The Bertz CT molecular complexity index is 464. The first-order valence-electron chi connectivity index (χ1n) is 6.17. The van der Waals surface area contributed by atoms with Gasteiger partial charge in [0.05, 0.1) is 5.56 Å². The van der Waals surface area contributed by atoms with Crippen molar-refractivity contribution >= 4 is 11.8 Å². The highest BCUT2D eigenvalue weighted by Gasteiger charge is 2.20. The topological polar surface area (TPSA) is 78.4 Å². The van der Waals surface area contributed by atoms with E-state index in [0.29, 0.717) is 13.1 Å². The zero-order chi connectivity index (χ0) is 14.5. The molecule has 1 aromatic rings. The highest BCUT2D eigenvalue weighted by molar-refractivity contribution is 5.96. The minimum Gasteiger partial charge on any atom is -0.507 e. The minimum absolute atomic E-state index is 0.0567. The first-order chi connectivity index (χ1) is 8.82. The van der Waals surface area contributed by atoms with Gasteiger partial charge in [-0.15, -0.1) is 0 Å². The second-order valence-corrected chi connectivity index (χ2v) is 5.28. The molecule has 0 aliphatic rings. The summed E-state index contributed by atoms with van der Waals surface area (Å²) in [5, 5.41) is 14.9. The molecule has 0 radical (unpaired) electrons. The monoisotopic (exact) mass is 264 g/mol. The first kappa shape index (κ1) is 15.0. The van der Waals surface area contributed by atoms with Crippen molar-refractivity contribution in [3.8, 4) is 5.75 Å². The second kappa shape index (κ2) is 6.22. The van der Waals surface area contributed by atoms with E-state index in [1.54, 1.807) is 18.2 Å². The lowest BCUT2D eigenvalue weighted by molar-refractivity contribution is -0.128. The molecule has 0 bridgehead atoms. The van der Waals surface area contributed by atoms with Gasteiger partial charge < -0.3 is 15.7 Å². The van der Waals surface area contributed by atoms with E-state index >= 15 is 0 Å². The van der Waals surface area contributed by atoms with Crippen molar-refractivity contribution in [1.29, 1.82) is 0 Å². The number of nitrogens with one attached hydrogen (secondary N) is 2. The summed E-state index contributed by atoms with van der Waals surface area (Å²) in [7, 11) is 0. The molecule has 0 saturated carbocycles. The van der Waals surface area contributed by atoms with E-state index < -0.39 is 5.41 Å². The number of hydrogen-bond donors (Lipinski definition) is 3. The molecular formula is C14H20N2O3. The summed E-state index contributed by atoms with van der Waals surface area (Å²) in [5.74, 6) is -0.480. The lowest BCUT2D eigenvalue weighted by Crippen LogP contribution is -2.39. The van der Waals surface area contributed by atoms with E-state index in [1.807, 2.05) is 20.8 Å². The number of carbonyl (C=O) groups is 2. The largest absolute Gasteiger partial charge is 0.507 e. The van der Waals surface area contributed by atoms with Crippen LogP contribution in [-0.2, 0) is 4.79 Å². The maximum Gasteiger partial charge on any atom is 0.255 e. The molecule has 0 aromatic heterocycles. The molecule has 5 nitrogen and oxygen atoms in total. The summed E-state index contributed by atoms with van der Waals surface area (Å²) < 4.78 is 0. The van der Waals surface area contributed by atoms with Gasteiger partial charge in [-0.2, -0.15) is 0 Å². The van der Waals surface area contributed by atoms with Crippen LogP contribution in [0.15, 0.2) is 24.3 Å². The van der Waals surface area contributed by atoms with Crippen molar-refractivity contribution in [2.75, 3.05) is 13.1 Å². The summed E-state index contributed by atoms with van der Waals surface area (Å²) in [6, 6.07) is 6.32. The van der Waals surface area contributed by atoms with Crippen LogP contribution in [0.25, 0.3) is 0 Å². The van der Waals surface area contributed by atoms with Gasteiger partial charge in [0.25, 0.3) is 5.91 Å². The smallest absolute Gasteiger partial charge is 0.255 e. The summed E-state index contributed by atoms with van der Waals surface area (Å²) in [4.78, 5) is 23.3. The van der Waals surface area contributed by atoms with Gasteiger partial charge in [-0.25, -0.2) is 0 Å². The van der Waals surface area contributed by atoms with Crippen LogP contribution >= 0.6 is 0 Å². The Kier molecular flexibility index (Phi) is 4.92. The second-order valence-electron chi connectivity index (χ2n) is 5.28. The fourth-order valence-electron chi connectivity index (χ4n) is 1.38. The predicted octanol–water partition coefficient (Wildman–Crippen LogP) is 1.28. The fraction of sp³-hybridized carbons (Fsp3) is 0.429. The molecule has 5 heteroatoms. The van der Waals surface area contributed by atoms with Gasteiger partial charge in [-0.05, 0) is 12.1 Å². The number of phenols is 1. The molecule has 0 spiro atoms. The molecule has 0 fully saturated rings. The number of carbonyl (C=O) groups excluding carboxylic acids is 2. The molecule has 19 heavy (non-hydrogen) atoms. The SMILES string of the molecule is CC(C)(C)C(=O)NCCNC(=O)c1ccccc1O. The molecule has 3 N–H and O–H groups in total. The Balaban J connectivity index is 2.37. The van der Waals surface area contributed by atoms with E-state index in [0.717, 1.165) is 0 Å². The highest BCUT2D eigenvalue weighted by atomic mass is 16.3. The van der Waals surface area contributed by atoms with Crippen LogP contribution in [0, 0.1) is 5.41 Å². The minimum atomic E-state index is -0.443. The van der Waals surface area contributed by atoms with E-state index in [4.69, 9.17) is 0 Å². The lowest BCUT2D eigenvalue weighted by Gasteiger charge is -2.17. The summed E-state index contributed by atoms with van der Waals surface area (Å²) in [6.07, 6.45) is 0. The van der Waals surface area contributed by atoms with E-state index in [-0.39, 0.29) is 23.1 Å². The zero-order valence-electron chi connectivity index (χ0n) is 11.5. The summed E-state index contributed by atoms with van der Waals surface area (Å²) in [6.45, 7) is 6.14. The first-order valence-corrected chi connectivity index (χ1v) is 6.17. The maximum atomic E-state index is 11.7. The van der Waals surface area contributed by atoms with Crippen LogP contribution in [0.5, 0.6) is 5.75 Å². The number of aromatic hydroxyl groups is 1. The zero-order valence-corrected chi connectivity index (χ0v) is 11.5. The normalized spacial score (nSPS) is 10.9.